The summed E-state index contributed by atoms with van der Waals surface area (Å²) >= 11 is 0. The maximum absolute atomic E-state index is 5.34. The van der Waals surface area contributed by atoms with Gasteiger partial charge in [0.05, 0.1) is 0 Å². The molecule has 0 fully saturated rings. The second-order valence-corrected chi connectivity index (χ2v) is 16.6. The molecule has 2 aromatic heterocycles. The van der Waals surface area contributed by atoms with Gasteiger partial charge in [-0.15, -0.1) is 0 Å². The van der Waals surface area contributed by atoms with Gasteiger partial charge in [-0.25, -0.2) is 15.0 Å². The molecule has 0 saturated heterocycles. The first kappa shape index (κ1) is 35.2. The van der Waals surface area contributed by atoms with E-state index in [1.807, 2.05) is 36.7 Å². The van der Waals surface area contributed by atoms with Crippen LogP contribution in [0.5, 0.6) is 0 Å². The predicted octanol–water partition coefficient (Wildman–Crippen LogP) is 14.5. The SMILES string of the molecule is CC1(C)c2ccccc2-c2ccc(-c3nc(-c4ccccc4)nc(-c4cc(-c5cccnc5)cc(-c5cc6c7ccccc7c7ccccc7c6c6ccccc56)c4)n3)cc21. The molecule has 1 aliphatic carbocycles. The van der Waals surface area contributed by atoms with Gasteiger partial charge in [0.1, 0.15) is 0 Å². The molecule has 4 heteroatoms. The number of nitrogens with zero attached hydrogens (tertiary/aromatic N) is 4. The minimum atomic E-state index is -0.159. The lowest BCUT2D eigenvalue weighted by atomic mass is 9.82. The van der Waals surface area contributed by atoms with Crippen LogP contribution in [0.3, 0.4) is 0 Å². The largest absolute Gasteiger partial charge is 0.264 e. The van der Waals surface area contributed by atoms with Crippen LogP contribution in [0.15, 0.2) is 194 Å². The highest BCUT2D eigenvalue weighted by molar-refractivity contribution is 6.33. The molecule has 286 valence electrons. The Morgan fingerprint density at radius 3 is 1.61 bits per heavy atom. The molecule has 11 aromatic rings. The molecule has 0 unspecified atom stereocenters. The first-order valence-electron chi connectivity index (χ1n) is 20.9. The minimum absolute atomic E-state index is 0.159. The summed E-state index contributed by atoms with van der Waals surface area (Å²) in [5, 5.41) is 9.92. The Hall–Kier alpha value is -7.82. The fourth-order valence-electron chi connectivity index (χ4n) is 9.81. The van der Waals surface area contributed by atoms with Gasteiger partial charge in [0, 0.05) is 40.1 Å². The van der Waals surface area contributed by atoms with Crippen molar-refractivity contribution in [2.75, 3.05) is 0 Å². The van der Waals surface area contributed by atoms with Crippen LogP contribution in [0.1, 0.15) is 25.0 Å². The van der Waals surface area contributed by atoms with Crippen LogP contribution in [0.25, 0.3) is 111 Å². The zero-order valence-corrected chi connectivity index (χ0v) is 33.8. The van der Waals surface area contributed by atoms with Crippen molar-refractivity contribution in [2.24, 2.45) is 0 Å². The summed E-state index contributed by atoms with van der Waals surface area (Å²) in [6.45, 7) is 4.62. The fourth-order valence-corrected chi connectivity index (χ4v) is 9.81. The maximum Gasteiger partial charge on any atom is 0.164 e. The quantitative estimate of drug-likeness (QED) is 0.163. The summed E-state index contributed by atoms with van der Waals surface area (Å²) in [4.78, 5) is 20.3. The summed E-state index contributed by atoms with van der Waals surface area (Å²) in [6.07, 6.45) is 3.75. The molecule has 0 aliphatic heterocycles. The van der Waals surface area contributed by atoms with E-state index in [1.54, 1.807) is 0 Å². The number of benzene rings is 9. The zero-order chi connectivity index (χ0) is 40.7. The fraction of sp³-hybridized carbons (Fsp3) is 0.0526. The third-order valence-electron chi connectivity index (χ3n) is 12.8. The predicted molar refractivity (Wildman–Crippen MR) is 252 cm³/mol. The summed E-state index contributed by atoms with van der Waals surface area (Å²) in [7, 11) is 0. The van der Waals surface area contributed by atoms with Crippen molar-refractivity contribution in [3.63, 3.8) is 0 Å². The van der Waals surface area contributed by atoms with E-state index in [4.69, 9.17) is 15.0 Å². The van der Waals surface area contributed by atoms with Gasteiger partial charge in [0.15, 0.2) is 17.5 Å². The number of rotatable bonds is 5. The Labute approximate surface area is 353 Å². The molecule has 1 aliphatic rings. The third-order valence-corrected chi connectivity index (χ3v) is 12.8. The average Bonchev–Trinajstić information content (AvgIpc) is 3.56. The topological polar surface area (TPSA) is 51.6 Å². The first-order chi connectivity index (χ1) is 30.0. The molecule has 0 saturated carbocycles. The monoisotopic (exact) mass is 778 g/mol. The second kappa shape index (κ2) is 13.6. The van der Waals surface area contributed by atoms with Crippen molar-refractivity contribution in [2.45, 2.75) is 19.3 Å². The number of aromatic nitrogens is 4. The van der Waals surface area contributed by atoms with Crippen molar-refractivity contribution < 1.29 is 0 Å². The molecule has 0 N–H and O–H groups in total. The van der Waals surface area contributed by atoms with E-state index >= 15 is 0 Å². The van der Waals surface area contributed by atoms with Gasteiger partial charge in [-0.05, 0) is 118 Å². The Balaban J connectivity index is 1.12. The normalized spacial score (nSPS) is 12.9. The molecule has 0 bridgehead atoms. The van der Waals surface area contributed by atoms with Crippen LogP contribution in [0, 0.1) is 0 Å². The summed E-state index contributed by atoms with van der Waals surface area (Å²) in [5.41, 5.74) is 12.1. The number of pyridine rings is 1. The van der Waals surface area contributed by atoms with Crippen LogP contribution in [0.4, 0.5) is 0 Å². The van der Waals surface area contributed by atoms with Crippen molar-refractivity contribution in [1.82, 2.24) is 19.9 Å². The summed E-state index contributed by atoms with van der Waals surface area (Å²) < 4.78 is 0. The van der Waals surface area contributed by atoms with E-state index in [9.17, 15) is 0 Å². The molecule has 0 amide bonds. The van der Waals surface area contributed by atoms with Gasteiger partial charge in [0.25, 0.3) is 0 Å². The zero-order valence-electron chi connectivity index (χ0n) is 33.8. The van der Waals surface area contributed by atoms with E-state index in [-0.39, 0.29) is 5.41 Å². The van der Waals surface area contributed by atoms with Crippen molar-refractivity contribution >= 4 is 43.1 Å². The van der Waals surface area contributed by atoms with Gasteiger partial charge in [-0.1, -0.05) is 159 Å². The van der Waals surface area contributed by atoms with Crippen molar-refractivity contribution in [3.8, 4) is 67.5 Å². The Morgan fingerprint density at radius 1 is 0.328 bits per heavy atom. The third kappa shape index (κ3) is 5.60. The lowest BCUT2D eigenvalue weighted by Gasteiger charge is -2.21. The lowest BCUT2D eigenvalue weighted by molar-refractivity contribution is 0.660. The summed E-state index contributed by atoms with van der Waals surface area (Å²) in [5.74, 6) is 1.88. The lowest BCUT2D eigenvalue weighted by Crippen LogP contribution is -2.15. The van der Waals surface area contributed by atoms with Gasteiger partial charge in [-0.2, -0.15) is 0 Å². The van der Waals surface area contributed by atoms with Crippen LogP contribution in [-0.2, 0) is 5.41 Å². The molecule has 0 atom stereocenters. The molecule has 0 radical (unpaired) electrons. The van der Waals surface area contributed by atoms with Crippen LogP contribution >= 0.6 is 0 Å². The molecule has 9 aromatic carbocycles. The Bertz CT molecular complexity index is 3560. The Kier molecular flexibility index (Phi) is 7.85. The highest BCUT2D eigenvalue weighted by atomic mass is 15.0. The molecule has 0 spiro atoms. The van der Waals surface area contributed by atoms with E-state index in [2.05, 4.69) is 177 Å². The maximum atomic E-state index is 5.34. The standard InChI is InChI=1S/C57H38N4/c1-57(2)51-25-13-12-22-45(51)46-27-26-36(32-52(46)57)55-59-54(35-15-4-3-5-16-35)60-56(61-55)40-30-38(37-17-14-28-58-34-37)29-39(31-40)49-33-50-43-20-7-6-18-41(43)42-19-8-10-23-47(42)53(50)48-24-11-9-21-44(48)49/h3-34H,1-2H3. The number of fused-ring (bicyclic) bond motifs is 11. The van der Waals surface area contributed by atoms with E-state index in [1.165, 1.54) is 65.3 Å². The van der Waals surface area contributed by atoms with Crippen molar-refractivity contribution in [1.29, 1.82) is 0 Å². The molecule has 12 rings (SSSR count). The molecule has 4 nitrogen and oxygen atoms in total. The van der Waals surface area contributed by atoms with E-state index < -0.39 is 0 Å². The Morgan fingerprint density at radius 2 is 0.869 bits per heavy atom. The minimum Gasteiger partial charge on any atom is -0.264 e. The molecular weight excluding hydrogens is 741 g/mol. The molecule has 61 heavy (non-hydrogen) atoms. The van der Waals surface area contributed by atoms with Gasteiger partial charge >= 0.3 is 0 Å². The van der Waals surface area contributed by atoms with Gasteiger partial charge in [-0.3, -0.25) is 4.98 Å². The van der Waals surface area contributed by atoms with Crippen molar-refractivity contribution in [3.05, 3.63) is 206 Å². The smallest absolute Gasteiger partial charge is 0.164 e. The van der Waals surface area contributed by atoms with Crippen LogP contribution in [0.2, 0.25) is 0 Å². The molecule has 2 heterocycles. The van der Waals surface area contributed by atoms with E-state index in [0.29, 0.717) is 17.5 Å². The molecular formula is C57H38N4. The second-order valence-electron chi connectivity index (χ2n) is 16.6. The van der Waals surface area contributed by atoms with E-state index in [0.717, 1.165) is 38.9 Å². The van der Waals surface area contributed by atoms with Crippen LogP contribution < -0.4 is 0 Å². The van der Waals surface area contributed by atoms with Gasteiger partial charge < -0.3 is 0 Å². The highest BCUT2D eigenvalue weighted by Gasteiger charge is 2.35. The highest BCUT2D eigenvalue weighted by Crippen LogP contribution is 2.50. The summed E-state index contributed by atoms with van der Waals surface area (Å²) in [6, 6.07) is 65.3. The average molecular weight is 779 g/mol. The number of hydrogen-bond acceptors (Lipinski definition) is 4. The number of hydrogen-bond donors (Lipinski definition) is 0. The van der Waals surface area contributed by atoms with Gasteiger partial charge in [0.2, 0.25) is 0 Å². The first-order valence-corrected chi connectivity index (χ1v) is 20.9. The van der Waals surface area contributed by atoms with Crippen LogP contribution in [-0.4, -0.2) is 19.9 Å².